The van der Waals surface area contributed by atoms with E-state index in [2.05, 4.69) is 15.9 Å². The Hall–Kier alpha value is -1.54. The normalized spacial score (nSPS) is 9.23. The van der Waals surface area contributed by atoms with E-state index in [1.807, 2.05) is 0 Å². The molecular formula is C8H4BrNO3. The minimum Gasteiger partial charge on any atom is -0.508 e. The van der Waals surface area contributed by atoms with Gasteiger partial charge in [-0.25, -0.2) is 4.79 Å². The van der Waals surface area contributed by atoms with Gasteiger partial charge in [-0.05, 0) is 28.1 Å². The molecule has 5 heteroatoms. The molecular weight excluding hydrogens is 238 g/mol. The molecule has 0 spiro atoms. The maximum Gasteiger partial charge on any atom is 0.337 e. The average Bonchev–Trinajstić information content (AvgIpc) is 2.08. The largest absolute Gasteiger partial charge is 0.508 e. The van der Waals surface area contributed by atoms with E-state index in [4.69, 9.17) is 15.5 Å². The smallest absolute Gasteiger partial charge is 0.337 e. The fourth-order valence-electron chi connectivity index (χ4n) is 0.846. The molecule has 1 aromatic rings. The summed E-state index contributed by atoms with van der Waals surface area (Å²) in [5.41, 5.74) is -0.0334. The first-order chi connectivity index (χ1) is 6.06. The molecule has 0 aliphatic heterocycles. The Balaban J connectivity index is 3.47. The number of benzene rings is 1. The van der Waals surface area contributed by atoms with Crippen molar-refractivity contribution in [3.8, 4) is 11.8 Å². The van der Waals surface area contributed by atoms with E-state index in [0.717, 1.165) is 6.07 Å². The third-order valence-corrected chi connectivity index (χ3v) is 2.26. The third kappa shape index (κ3) is 1.79. The van der Waals surface area contributed by atoms with E-state index in [0.29, 0.717) is 0 Å². The Morgan fingerprint density at radius 2 is 2.15 bits per heavy atom. The van der Waals surface area contributed by atoms with Crippen LogP contribution in [0.3, 0.4) is 0 Å². The average molecular weight is 242 g/mol. The minimum atomic E-state index is -1.20. The van der Waals surface area contributed by atoms with Gasteiger partial charge in [0.05, 0.1) is 15.6 Å². The molecule has 0 saturated heterocycles. The molecule has 13 heavy (non-hydrogen) atoms. The van der Waals surface area contributed by atoms with Crippen LogP contribution in [0.15, 0.2) is 16.6 Å². The van der Waals surface area contributed by atoms with Gasteiger partial charge >= 0.3 is 5.97 Å². The van der Waals surface area contributed by atoms with Crippen molar-refractivity contribution < 1.29 is 15.0 Å². The molecule has 0 bridgehead atoms. The number of phenols is 1. The maximum absolute atomic E-state index is 10.6. The van der Waals surface area contributed by atoms with Gasteiger partial charge in [0.2, 0.25) is 0 Å². The highest BCUT2D eigenvalue weighted by Crippen LogP contribution is 2.26. The van der Waals surface area contributed by atoms with Crippen molar-refractivity contribution in [3.63, 3.8) is 0 Å². The van der Waals surface area contributed by atoms with Crippen LogP contribution in [0.2, 0.25) is 0 Å². The molecule has 1 aromatic carbocycles. The lowest BCUT2D eigenvalue weighted by atomic mass is 10.1. The molecule has 0 atom stereocenters. The van der Waals surface area contributed by atoms with Crippen molar-refractivity contribution in [1.82, 2.24) is 0 Å². The second-order valence-electron chi connectivity index (χ2n) is 2.27. The molecule has 0 aliphatic rings. The van der Waals surface area contributed by atoms with Crippen LogP contribution in [0.5, 0.6) is 5.75 Å². The zero-order valence-corrected chi connectivity index (χ0v) is 7.87. The van der Waals surface area contributed by atoms with Gasteiger partial charge in [-0.3, -0.25) is 0 Å². The first-order valence-corrected chi connectivity index (χ1v) is 4.01. The number of nitriles is 1. The van der Waals surface area contributed by atoms with Crippen LogP contribution in [0.4, 0.5) is 0 Å². The number of aromatic hydroxyl groups is 1. The molecule has 2 N–H and O–H groups in total. The van der Waals surface area contributed by atoms with Crippen molar-refractivity contribution in [2.24, 2.45) is 0 Å². The predicted molar refractivity (Wildman–Crippen MR) is 47.5 cm³/mol. The molecule has 4 nitrogen and oxygen atoms in total. The zero-order chi connectivity index (χ0) is 10.0. The van der Waals surface area contributed by atoms with Crippen LogP contribution in [0.1, 0.15) is 15.9 Å². The number of hydrogen-bond acceptors (Lipinski definition) is 3. The summed E-state index contributed by atoms with van der Waals surface area (Å²) >= 11 is 2.96. The van der Waals surface area contributed by atoms with Gasteiger partial charge in [-0.2, -0.15) is 5.26 Å². The summed E-state index contributed by atoms with van der Waals surface area (Å²) in [6.45, 7) is 0. The molecule has 0 aliphatic carbocycles. The lowest BCUT2D eigenvalue weighted by molar-refractivity contribution is 0.0695. The number of carbonyl (C=O) groups is 1. The SMILES string of the molecule is N#Cc1cc(O)cc(C(=O)O)c1Br. The molecule has 66 valence electrons. The highest BCUT2D eigenvalue weighted by atomic mass is 79.9. The second-order valence-corrected chi connectivity index (χ2v) is 3.06. The Bertz CT molecular complexity index is 409. The van der Waals surface area contributed by atoms with Crippen molar-refractivity contribution >= 4 is 21.9 Å². The zero-order valence-electron chi connectivity index (χ0n) is 6.28. The summed E-state index contributed by atoms with van der Waals surface area (Å²) in [7, 11) is 0. The molecule has 0 aromatic heterocycles. The lowest BCUT2D eigenvalue weighted by Gasteiger charge is -2.01. The molecule has 0 fully saturated rings. The number of halogens is 1. The van der Waals surface area contributed by atoms with Crippen LogP contribution in [0.25, 0.3) is 0 Å². The molecule has 0 unspecified atom stereocenters. The number of rotatable bonds is 1. The number of carboxylic acid groups (broad SMARTS) is 1. The summed E-state index contributed by atoms with van der Waals surface area (Å²) < 4.78 is 0.181. The van der Waals surface area contributed by atoms with Crippen LogP contribution in [0, 0.1) is 11.3 Å². The summed E-state index contributed by atoms with van der Waals surface area (Å²) in [6, 6.07) is 4.03. The van der Waals surface area contributed by atoms with Crippen molar-refractivity contribution in [1.29, 1.82) is 5.26 Å². The van der Waals surface area contributed by atoms with Gasteiger partial charge in [-0.1, -0.05) is 0 Å². The van der Waals surface area contributed by atoms with E-state index in [1.54, 1.807) is 6.07 Å². The van der Waals surface area contributed by atoms with Crippen molar-refractivity contribution in [2.45, 2.75) is 0 Å². The topological polar surface area (TPSA) is 81.3 Å². The number of phenolic OH excluding ortho intramolecular Hbond substituents is 1. The molecule has 1 rings (SSSR count). The summed E-state index contributed by atoms with van der Waals surface area (Å²) in [6.07, 6.45) is 0. The van der Waals surface area contributed by atoms with Gasteiger partial charge < -0.3 is 10.2 Å². The summed E-state index contributed by atoms with van der Waals surface area (Å²) in [4.78, 5) is 10.6. The van der Waals surface area contributed by atoms with Crippen molar-refractivity contribution in [2.75, 3.05) is 0 Å². The van der Waals surface area contributed by atoms with Gasteiger partial charge in [0.1, 0.15) is 11.8 Å². The molecule has 0 radical (unpaired) electrons. The van der Waals surface area contributed by atoms with E-state index < -0.39 is 5.97 Å². The fourth-order valence-corrected chi connectivity index (χ4v) is 1.33. The molecule has 0 amide bonds. The Kier molecular flexibility index (Phi) is 2.54. The van der Waals surface area contributed by atoms with E-state index in [-0.39, 0.29) is 21.3 Å². The van der Waals surface area contributed by atoms with Crippen LogP contribution >= 0.6 is 15.9 Å². The maximum atomic E-state index is 10.6. The quantitative estimate of drug-likeness (QED) is 0.785. The molecule has 0 heterocycles. The highest BCUT2D eigenvalue weighted by molar-refractivity contribution is 9.10. The second kappa shape index (κ2) is 3.46. The van der Waals surface area contributed by atoms with E-state index in [9.17, 15) is 4.79 Å². The highest BCUT2D eigenvalue weighted by Gasteiger charge is 2.13. The van der Waals surface area contributed by atoms with Gasteiger partial charge in [0.25, 0.3) is 0 Å². The number of carboxylic acids is 1. The Morgan fingerprint density at radius 3 is 2.62 bits per heavy atom. The Morgan fingerprint density at radius 1 is 1.54 bits per heavy atom. The Labute approximate surface area is 82.2 Å². The monoisotopic (exact) mass is 241 g/mol. The van der Waals surface area contributed by atoms with Crippen LogP contribution < -0.4 is 0 Å². The van der Waals surface area contributed by atoms with E-state index >= 15 is 0 Å². The summed E-state index contributed by atoms with van der Waals surface area (Å²) in [5.74, 6) is -1.43. The van der Waals surface area contributed by atoms with E-state index in [1.165, 1.54) is 6.07 Å². The minimum absolute atomic E-state index is 0.0948. The summed E-state index contributed by atoms with van der Waals surface area (Å²) in [5, 5.41) is 26.3. The molecule has 0 saturated carbocycles. The fraction of sp³-hybridized carbons (Fsp3) is 0. The van der Waals surface area contributed by atoms with Crippen molar-refractivity contribution in [3.05, 3.63) is 27.7 Å². The van der Waals surface area contributed by atoms with Gasteiger partial charge in [0, 0.05) is 0 Å². The third-order valence-electron chi connectivity index (χ3n) is 1.41. The number of nitrogens with zero attached hydrogens (tertiary/aromatic N) is 1. The van der Waals surface area contributed by atoms with Crippen LogP contribution in [-0.2, 0) is 0 Å². The van der Waals surface area contributed by atoms with Gasteiger partial charge in [-0.15, -0.1) is 0 Å². The van der Waals surface area contributed by atoms with Crippen LogP contribution in [-0.4, -0.2) is 16.2 Å². The number of aromatic carboxylic acids is 1. The first-order valence-electron chi connectivity index (χ1n) is 3.22. The predicted octanol–water partition coefficient (Wildman–Crippen LogP) is 1.72. The standard InChI is InChI=1S/C8H4BrNO3/c9-7-4(3-10)1-5(11)2-6(7)8(12)13/h1-2,11H,(H,12,13). The van der Waals surface area contributed by atoms with Gasteiger partial charge in [0.15, 0.2) is 0 Å². The first kappa shape index (κ1) is 9.55. The lowest BCUT2D eigenvalue weighted by Crippen LogP contribution is -1.98. The number of hydrogen-bond donors (Lipinski definition) is 2.